The quantitative estimate of drug-likeness (QED) is 0.601. The van der Waals surface area contributed by atoms with Crippen LogP contribution in [0.4, 0.5) is 0 Å². The second kappa shape index (κ2) is 3.45. The van der Waals surface area contributed by atoms with Crippen LogP contribution in [0.3, 0.4) is 0 Å². The Balaban J connectivity index is 1.70. The van der Waals surface area contributed by atoms with Crippen LogP contribution in [0.5, 0.6) is 0 Å². The molecule has 4 fully saturated rings. The number of hydrogen-bond acceptors (Lipinski definition) is 6. The van der Waals surface area contributed by atoms with E-state index in [-0.39, 0.29) is 18.2 Å². The van der Waals surface area contributed by atoms with Gasteiger partial charge in [0.2, 0.25) is 0 Å². The van der Waals surface area contributed by atoms with Gasteiger partial charge >= 0.3 is 0 Å². The second-order valence-corrected chi connectivity index (χ2v) is 6.04. The van der Waals surface area contributed by atoms with Crippen molar-refractivity contribution in [2.45, 2.75) is 62.3 Å². The van der Waals surface area contributed by atoms with Crippen LogP contribution in [0.1, 0.15) is 20.3 Å². The van der Waals surface area contributed by atoms with Crippen molar-refractivity contribution in [3.05, 3.63) is 0 Å². The smallest absolute Gasteiger partial charge is 0.190 e. The first-order chi connectivity index (χ1) is 8.52. The zero-order valence-corrected chi connectivity index (χ0v) is 10.6. The maximum Gasteiger partial charge on any atom is 0.190 e. The lowest BCUT2D eigenvalue weighted by Crippen LogP contribution is -2.70. The van der Waals surface area contributed by atoms with Crippen LogP contribution in [0.2, 0.25) is 0 Å². The molecular weight excluding hydrogens is 238 g/mol. The van der Waals surface area contributed by atoms with E-state index in [1.165, 1.54) is 0 Å². The van der Waals surface area contributed by atoms with Gasteiger partial charge in [-0.1, -0.05) is 0 Å². The summed E-state index contributed by atoms with van der Waals surface area (Å²) in [4.78, 5) is 0. The van der Waals surface area contributed by atoms with Crippen molar-refractivity contribution in [1.29, 1.82) is 0 Å². The molecule has 2 bridgehead atoms. The second-order valence-electron chi connectivity index (χ2n) is 6.04. The molecule has 0 radical (unpaired) electrons. The normalized spacial score (nSPS) is 57.2. The van der Waals surface area contributed by atoms with E-state index in [4.69, 9.17) is 18.9 Å². The molecule has 102 valence electrons. The molecule has 4 saturated heterocycles. The van der Waals surface area contributed by atoms with Gasteiger partial charge < -0.3 is 29.4 Å². The zero-order chi connectivity index (χ0) is 12.5. The molecule has 6 heteroatoms. The van der Waals surface area contributed by atoms with Crippen molar-refractivity contribution in [2.24, 2.45) is 0 Å². The van der Waals surface area contributed by atoms with Gasteiger partial charge in [0.25, 0.3) is 0 Å². The summed E-state index contributed by atoms with van der Waals surface area (Å²) in [5.41, 5.74) is -0.465. The minimum absolute atomic E-state index is 0.0894. The van der Waals surface area contributed by atoms with Gasteiger partial charge in [-0.25, -0.2) is 0 Å². The molecule has 0 unspecified atom stereocenters. The van der Waals surface area contributed by atoms with Gasteiger partial charge in [0, 0.05) is 0 Å². The number of piperidine rings is 1. The third-order valence-electron chi connectivity index (χ3n) is 4.46. The number of rotatable bonds is 0. The van der Waals surface area contributed by atoms with Crippen LogP contribution < -0.4 is 5.32 Å². The first-order valence-electron chi connectivity index (χ1n) is 6.58. The first-order valence-corrected chi connectivity index (χ1v) is 6.58. The fourth-order valence-electron chi connectivity index (χ4n) is 3.71. The molecule has 0 saturated carbocycles. The molecule has 4 rings (SSSR count). The highest BCUT2D eigenvalue weighted by Gasteiger charge is 2.69. The molecule has 6 nitrogen and oxygen atoms in total. The number of hydrogen-bond donors (Lipinski definition) is 2. The van der Waals surface area contributed by atoms with E-state index in [0.29, 0.717) is 6.61 Å². The van der Waals surface area contributed by atoms with Gasteiger partial charge in [-0.2, -0.15) is 0 Å². The average Bonchev–Trinajstić information content (AvgIpc) is 2.75. The highest BCUT2D eigenvalue weighted by Crippen LogP contribution is 2.50. The number of ether oxygens (including phenoxy) is 4. The van der Waals surface area contributed by atoms with Crippen LogP contribution in [-0.2, 0) is 18.9 Å². The largest absolute Gasteiger partial charge is 0.389 e. The minimum Gasteiger partial charge on any atom is -0.389 e. The van der Waals surface area contributed by atoms with E-state index in [2.05, 4.69) is 5.32 Å². The van der Waals surface area contributed by atoms with Crippen LogP contribution in [-0.4, -0.2) is 60.3 Å². The monoisotopic (exact) mass is 257 g/mol. The summed E-state index contributed by atoms with van der Waals surface area (Å²) in [5.74, 6) is -0.630. The Morgan fingerprint density at radius 1 is 1.22 bits per heavy atom. The summed E-state index contributed by atoms with van der Waals surface area (Å²) in [6, 6.07) is -0.0894. The molecular formula is C12H19NO5. The van der Waals surface area contributed by atoms with Crippen molar-refractivity contribution in [3.8, 4) is 0 Å². The minimum atomic E-state index is -0.630. The molecule has 4 aliphatic heterocycles. The molecule has 2 N–H and O–H groups in total. The summed E-state index contributed by atoms with van der Waals surface area (Å²) in [5, 5.41) is 13.3. The Morgan fingerprint density at radius 2 is 2.06 bits per heavy atom. The fraction of sp³-hybridized carbons (Fsp3) is 1.00. The lowest BCUT2D eigenvalue weighted by atomic mass is 9.78. The van der Waals surface area contributed by atoms with E-state index in [1.54, 1.807) is 0 Å². The topological polar surface area (TPSA) is 69.2 Å². The van der Waals surface area contributed by atoms with E-state index in [0.717, 1.165) is 13.0 Å². The number of fused-ring (bicyclic) bond motifs is 1. The summed E-state index contributed by atoms with van der Waals surface area (Å²) in [7, 11) is 0. The van der Waals surface area contributed by atoms with Gasteiger partial charge in [0.05, 0.1) is 18.8 Å². The predicted molar refractivity (Wildman–Crippen MR) is 59.8 cm³/mol. The van der Waals surface area contributed by atoms with Crippen LogP contribution in [0, 0.1) is 0 Å². The Hall–Kier alpha value is -0.240. The van der Waals surface area contributed by atoms with E-state index < -0.39 is 23.8 Å². The van der Waals surface area contributed by atoms with Crippen LogP contribution in [0.15, 0.2) is 0 Å². The fourth-order valence-corrected chi connectivity index (χ4v) is 3.71. The molecule has 4 heterocycles. The van der Waals surface area contributed by atoms with E-state index >= 15 is 0 Å². The van der Waals surface area contributed by atoms with Gasteiger partial charge in [0.1, 0.15) is 17.8 Å². The van der Waals surface area contributed by atoms with Crippen molar-refractivity contribution >= 4 is 0 Å². The Bertz CT molecular complexity index is 375. The lowest BCUT2D eigenvalue weighted by molar-refractivity contribution is -0.272. The van der Waals surface area contributed by atoms with E-state index in [1.807, 2.05) is 13.8 Å². The SMILES string of the molecule is CC1(C)O[C@H]2O[C@@H]3[C@@H]4NCC[C@]3(OC[C@H]4O)[C@H]2O1. The van der Waals surface area contributed by atoms with Gasteiger partial charge in [0.15, 0.2) is 12.1 Å². The first kappa shape index (κ1) is 11.6. The predicted octanol–water partition coefficient (Wildman–Crippen LogP) is -0.645. The molecule has 0 aliphatic carbocycles. The molecule has 0 aromatic rings. The molecule has 0 aromatic carbocycles. The summed E-state index contributed by atoms with van der Waals surface area (Å²) in [6.07, 6.45) is -0.495. The Labute approximate surface area is 106 Å². The number of aliphatic hydroxyl groups is 1. The highest BCUT2D eigenvalue weighted by molar-refractivity contribution is 5.15. The van der Waals surface area contributed by atoms with E-state index in [9.17, 15) is 5.11 Å². The molecule has 6 atom stereocenters. The van der Waals surface area contributed by atoms with Crippen molar-refractivity contribution in [1.82, 2.24) is 5.32 Å². The molecule has 0 spiro atoms. The molecule has 4 aliphatic rings. The molecule has 0 aromatic heterocycles. The zero-order valence-electron chi connectivity index (χ0n) is 10.6. The standard InChI is InChI=1S/C12H19NO5/c1-11(2)17-9-10(18-11)16-8-7-6(14)5-15-12(8,9)3-4-13-7/h6-10,13-14H,3-5H2,1-2H3/t6-,7-,8-,9+,10-,12-/m1/s1. The maximum atomic E-state index is 9.98. The summed E-state index contributed by atoms with van der Waals surface area (Å²) < 4.78 is 23.7. The van der Waals surface area contributed by atoms with Gasteiger partial charge in [-0.15, -0.1) is 0 Å². The van der Waals surface area contributed by atoms with Crippen molar-refractivity contribution in [2.75, 3.05) is 13.2 Å². The Kier molecular flexibility index (Phi) is 2.22. The summed E-state index contributed by atoms with van der Waals surface area (Å²) >= 11 is 0. The maximum absolute atomic E-state index is 9.98. The molecule has 18 heavy (non-hydrogen) atoms. The van der Waals surface area contributed by atoms with Crippen molar-refractivity contribution in [3.63, 3.8) is 0 Å². The lowest BCUT2D eigenvalue weighted by Gasteiger charge is -2.50. The third kappa shape index (κ3) is 1.33. The highest BCUT2D eigenvalue weighted by atomic mass is 16.8. The Morgan fingerprint density at radius 3 is 2.89 bits per heavy atom. The van der Waals surface area contributed by atoms with Crippen LogP contribution >= 0.6 is 0 Å². The molecule has 0 amide bonds. The number of nitrogens with one attached hydrogen (secondary N) is 1. The van der Waals surface area contributed by atoms with Crippen LogP contribution in [0.25, 0.3) is 0 Å². The average molecular weight is 257 g/mol. The van der Waals surface area contributed by atoms with Gasteiger partial charge in [-0.3, -0.25) is 0 Å². The van der Waals surface area contributed by atoms with Crippen molar-refractivity contribution < 1.29 is 24.1 Å². The third-order valence-corrected chi connectivity index (χ3v) is 4.46. The number of aliphatic hydroxyl groups excluding tert-OH is 1. The summed E-state index contributed by atoms with van der Waals surface area (Å²) in [6.45, 7) is 4.90. The van der Waals surface area contributed by atoms with Gasteiger partial charge in [-0.05, 0) is 26.8 Å².